The smallest absolute Gasteiger partial charge is 0.243 e. The van der Waals surface area contributed by atoms with E-state index in [1.54, 1.807) is 6.07 Å². The largest absolute Gasteiger partial charge is 0.381 e. The highest BCUT2D eigenvalue weighted by atomic mass is 16.5. The minimum Gasteiger partial charge on any atom is -0.381 e. The Morgan fingerprint density at radius 1 is 1.36 bits per heavy atom. The Balaban J connectivity index is 1.64. The number of aromatic nitrogens is 1. The lowest BCUT2D eigenvalue weighted by atomic mass is 9.93. The summed E-state index contributed by atoms with van der Waals surface area (Å²) in [5, 5.41) is 10.00. The Hall–Kier alpha value is -2.18. The van der Waals surface area contributed by atoms with Crippen LogP contribution in [-0.2, 0) is 9.53 Å². The number of anilines is 1. The molecule has 0 aliphatic carbocycles. The SMILES string of the molecule is Cc1cc(NC(=O)C(C)NC(CC2CCOC2)c2ccccc2)on1. The number of aryl methyl sites for hydroxylation is 1. The van der Waals surface area contributed by atoms with Crippen molar-refractivity contribution >= 4 is 11.8 Å². The first-order chi connectivity index (χ1) is 12.1. The number of hydrogen-bond acceptors (Lipinski definition) is 5. The summed E-state index contributed by atoms with van der Waals surface area (Å²) < 4.78 is 10.6. The van der Waals surface area contributed by atoms with Gasteiger partial charge in [0.25, 0.3) is 0 Å². The van der Waals surface area contributed by atoms with Crippen molar-refractivity contribution in [2.45, 2.75) is 38.8 Å². The molecule has 6 nitrogen and oxygen atoms in total. The summed E-state index contributed by atoms with van der Waals surface area (Å²) in [6.07, 6.45) is 2.02. The number of nitrogens with zero attached hydrogens (tertiary/aromatic N) is 1. The molecule has 0 bridgehead atoms. The molecular weight excluding hydrogens is 318 g/mol. The molecule has 3 atom stereocenters. The van der Waals surface area contributed by atoms with Gasteiger partial charge in [0.15, 0.2) is 0 Å². The quantitative estimate of drug-likeness (QED) is 0.808. The van der Waals surface area contributed by atoms with Gasteiger partial charge in [-0.25, -0.2) is 0 Å². The van der Waals surface area contributed by atoms with Gasteiger partial charge in [-0.05, 0) is 38.2 Å². The Morgan fingerprint density at radius 3 is 2.80 bits per heavy atom. The lowest BCUT2D eigenvalue weighted by Gasteiger charge is -2.25. The number of carbonyl (C=O) groups is 1. The molecule has 1 fully saturated rings. The zero-order valence-electron chi connectivity index (χ0n) is 14.7. The van der Waals surface area contributed by atoms with Crippen molar-refractivity contribution in [1.82, 2.24) is 10.5 Å². The summed E-state index contributed by atoms with van der Waals surface area (Å²) in [7, 11) is 0. The van der Waals surface area contributed by atoms with Crippen LogP contribution in [0.4, 0.5) is 5.88 Å². The van der Waals surface area contributed by atoms with Gasteiger partial charge in [-0.3, -0.25) is 15.4 Å². The van der Waals surface area contributed by atoms with Crippen molar-refractivity contribution in [1.29, 1.82) is 0 Å². The van der Waals surface area contributed by atoms with E-state index in [1.807, 2.05) is 32.0 Å². The molecule has 134 valence electrons. The third kappa shape index (κ3) is 4.90. The van der Waals surface area contributed by atoms with E-state index in [1.165, 1.54) is 5.56 Å². The Kier molecular flexibility index (Phi) is 5.83. The van der Waals surface area contributed by atoms with E-state index in [0.29, 0.717) is 11.8 Å². The number of rotatable bonds is 7. The van der Waals surface area contributed by atoms with Gasteiger partial charge in [-0.1, -0.05) is 35.5 Å². The van der Waals surface area contributed by atoms with Crippen LogP contribution in [0.1, 0.15) is 37.1 Å². The molecule has 0 radical (unpaired) electrons. The highest BCUT2D eigenvalue weighted by Gasteiger charge is 2.25. The number of carbonyl (C=O) groups excluding carboxylic acids is 1. The molecule has 2 N–H and O–H groups in total. The lowest BCUT2D eigenvalue weighted by molar-refractivity contribution is -0.118. The maximum atomic E-state index is 12.4. The molecule has 1 saturated heterocycles. The van der Waals surface area contributed by atoms with E-state index in [0.717, 1.165) is 31.7 Å². The van der Waals surface area contributed by atoms with Gasteiger partial charge in [0.2, 0.25) is 11.8 Å². The molecule has 1 aliphatic rings. The van der Waals surface area contributed by atoms with Gasteiger partial charge >= 0.3 is 0 Å². The first kappa shape index (κ1) is 17.6. The highest BCUT2D eigenvalue weighted by Crippen LogP contribution is 2.27. The average molecular weight is 343 g/mol. The number of amides is 1. The second-order valence-corrected chi connectivity index (χ2v) is 6.64. The average Bonchev–Trinajstić information content (AvgIpc) is 3.26. The fraction of sp³-hybridized carbons (Fsp3) is 0.474. The third-order valence-electron chi connectivity index (χ3n) is 4.51. The van der Waals surface area contributed by atoms with E-state index in [9.17, 15) is 4.79 Å². The fourth-order valence-electron chi connectivity index (χ4n) is 3.12. The molecule has 3 rings (SSSR count). The van der Waals surface area contributed by atoms with Crippen LogP contribution in [0.25, 0.3) is 0 Å². The predicted octanol–water partition coefficient (Wildman–Crippen LogP) is 3.07. The van der Waals surface area contributed by atoms with Crippen LogP contribution in [0.5, 0.6) is 0 Å². The molecule has 1 amide bonds. The van der Waals surface area contributed by atoms with Crippen molar-refractivity contribution in [3.8, 4) is 0 Å². The van der Waals surface area contributed by atoms with Crippen LogP contribution in [0, 0.1) is 12.8 Å². The molecule has 1 aromatic heterocycles. The minimum absolute atomic E-state index is 0.102. The van der Waals surface area contributed by atoms with E-state index < -0.39 is 0 Å². The minimum atomic E-state index is -0.363. The maximum absolute atomic E-state index is 12.4. The molecule has 1 aliphatic heterocycles. The summed E-state index contributed by atoms with van der Waals surface area (Å²) in [6, 6.07) is 11.7. The second kappa shape index (κ2) is 8.27. The van der Waals surface area contributed by atoms with Crippen LogP contribution in [0.2, 0.25) is 0 Å². The summed E-state index contributed by atoms with van der Waals surface area (Å²) in [5.41, 5.74) is 1.92. The third-order valence-corrected chi connectivity index (χ3v) is 4.51. The summed E-state index contributed by atoms with van der Waals surface area (Å²) >= 11 is 0. The summed E-state index contributed by atoms with van der Waals surface area (Å²) in [6.45, 7) is 5.30. The van der Waals surface area contributed by atoms with Crippen LogP contribution in [0.3, 0.4) is 0 Å². The van der Waals surface area contributed by atoms with Gasteiger partial charge in [-0.2, -0.15) is 0 Å². The van der Waals surface area contributed by atoms with E-state index in [2.05, 4.69) is 27.9 Å². The molecule has 0 spiro atoms. The summed E-state index contributed by atoms with van der Waals surface area (Å²) in [5.74, 6) is 0.751. The molecule has 3 unspecified atom stereocenters. The zero-order chi connectivity index (χ0) is 17.6. The van der Waals surface area contributed by atoms with Gasteiger partial charge in [0, 0.05) is 25.3 Å². The molecule has 0 saturated carbocycles. The van der Waals surface area contributed by atoms with Crippen LogP contribution >= 0.6 is 0 Å². The molecule has 2 heterocycles. The standard InChI is InChI=1S/C19H25N3O3/c1-13-10-18(25-22-13)21-19(23)14(2)20-17(11-15-8-9-24-12-15)16-6-4-3-5-7-16/h3-7,10,14-15,17,20H,8-9,11-12H2,1-2H3,(H,21,23). The van der Waals surface area contributed by atoms with Crippen LogP contribution < -0.4 is 10.6 Å². The monoisotopic (exact) mass is 343 g/mol. The first-order valence-corrected chi connectivity index (χ1v) is 8.74. The zero-order valence-corrected chi connectivity index (χ0v) is 14.7. The normalized spacial score (nSPS) is 19.5. The molecule has 2 aromatic rings. The van der Waals surface area contributed by atoms with Crippen molar-refractivity contribution in [3.63, 3.8) is 0 Å². The Labute approximate surface area is 147 Å². The van der Waals surface area contributed by atoms with Crippen molar-refractivity contribution in [3.05, 3.63) is 47.7 Å². The Bertz CT molecular complexity index is 680. The predicted molar refractivity (Wildman–Crippen MR) is 95.2 cm³/mol. The topological polar surface area (TPSA) is 76.4 Å². The highest BCUT2D eigenvalue weighted by molar-refractivity contribution is 5.93. The number of hydrogen-bond donors (Lipinski definition) is 2. The molecule has 25 heavy (non-hydrogen) atoms. The summed E-state index contributed by atoms with van der Waals surface area (Å²) in [4.78, 5) is 12.4. The fourth-order valence-corrected chi connectivity index (χ4v) is 3.12. The maximum Gasteiger partial charge on any atom is 0.243 e. The Morgan fingerprint density at radius 2 is 2.16 bits per heavy atom. The van der Waals surface area contributed by atoms with E-state index >= 15 is 0 Å². The van der Waals surface area contributed by atoms with Gasteiger partial charge in [-0.15, -0.1) is 0 Å². The van der Waals surface area contributed by atoms with Gasteiger partial charge < -0.3 is 9.26 Å². The second-order valence-electron chi connectivity index (χ2n) is 6.64. The number of ether oxygens (including phenoxy) is 1. The van der Waals surface area contributed by atoms with Crippen molar-refractivity contribution < 1.29 is 14.1 Å². The number of nitrogens with one attached hydrogen (secondary N) is 2. The van der Waals surface area contributed by atoms with Gasteiger partial charge in [0.05, 0.1) is 11.7 Å². The first-order valence-electron chi connectivity index (χ1n) is 8.74. The van der Waals surface area contributed by atoms with Crippen molar-refractivity contribution in [2.24, 2.45) is 5.92 Å². The van der Waals surface area contributed by atoms with E-state index in [-0.39, 0.29) is 18.0 Å². The molecule has 6 heteroatoms. The molecular formula is C19H25N3O3. The number of benzene rings is 1. The van der Waals surface area contributed by atoms with Crippen LogP contribution in [-0.4, -0.2) is 30.3 Å². The van der Waals surface area contributed by atoms with Crippen LogP contribution in [0.15, 0.2) is 40.9 Å². The van der Waals surface area contributed by atoms with Gasteiger partial charge in [0.1, 0.15) is 0 Å². The lowest BCUT2D eigenvalue weighted by Crippen LogP contribution is -2.40. The van der Waals surface area contributed by atoms with E-state index in [4.69, 9.17) is 9.26 Å². The molecule has 1 aromatic carbocycles. The van der Waals surface area contributed by atoms with Crippen molar-refractivity contribution in [2.75, 3.05) is 18.5 Å².